The van der Waals surface area contributed by atoms with Gasteiger partial charge < -0.3 is 20.5 Å². The fourth-order valence-corrected chi connectivity index (χ4v) is 2.25. The van der Waals surface area contributed by atoms with E-state index in [1.165, 1.54) is 0 Å². The van der Waals surface area contributed by atoms with Crippen molar-refractivity contribution in [1.82, 2.24) is 5.32 Å². The molecular formula is C17H19ClN2O3. The van der Waals surface area contributed by atoms with Gasteiger partial charge in [-0.05, 0) is 48.4 Å². The highest BCUT2D eigenvalue weighted by Crippen LogP contribution is 2.20. The Labute approximate surface area is 140 Å². The molecule has 0 aliphatic heterocycles. The van der Waals surface area contributed by atoms with Gasteiger partial charge in [0.05, 0.1) is 13.2 Å². The van der Waals surface area contributed by atoms with Crippen LogP contribution in [0.25, 0.3) is 0 Å². The topological polar surface area (TPSA) is 70.6 Å². The SMILES string of the molecule is COc1ccc(NC(=O)NCC[C@@H](O)c2cccc(Cl)c2)cc1. The van der Waals surface area contributed by atoms with E-state index in [1.807, 2.05) is 0 Å². The maximum absolute atomic E-state index is 11.8. The fourth-order valence-electron chi connectivity index (χ4n) is 2.05. The van der Waals surface area contributed by atoms with Crippen LogP contribution in [-0.2, 0) is 0 Å². The van der Waals surface area contributed by atoms with Crippen LogP contribution < -0.4 is 15.4 Å². The third-order valence-electron chi connectivity index (χ3n) is 3.28. The summed E-state index contributed by atoms with van der Waals surface area (Å²) in [7, 11) is 1.58. The number of rotatable bonds is 6. The Morgan fingerprint density at radius 1 is 1.26 bits per heavy atom. The van der Waals surface area contributed by atoms with Crippen molar-refractivity contribution < 1.29 is 14.6 Å². The number of halogens is 1. The first-order valence-electron chi connectivity index (χ1n) is 7.21. The standard InChI is InChI=1S/C17H19ClN2O3/c1-23-15-7-5-14(6-8-15)20-17(22)19-10-9-16(21)12-3-2-4-13(18)11-12/h2-8,11,16,21H,9-10H2,1H3,(H2,19,20,22)/t16-/m1/s1. The molecule has 3 N–H and O–H groups in total. The summed E-state index contributed by atoms with van der Waals surface area (Å²) in [6.07, 6.45) is -0.272. The van der Waals surface area contributed by atoms with E-state index < -0.39 is 6.10 Å². The summed E-state index contributed by atoms with van der Waals surface area (Å²) in [5, 5.41) is 16.0. The van der Waals surface area contributed by atoms with Crippen molar-refractivity contribution in [3.05, 3.63) is 59.1 Å². The summed E-state index contributed by atoms with van der Waals surface area (Å²) in [6, 6.07) is 13.7. The summed E-state index contributed by atoms with van der Waals surface area (Å²) in [6.45, 7) is 0.343. The number of hydrogen-bond acceptors (Lipinski definition) is 3. The molecule has 0 aromatic heterocycles. The molecule has 122 valence electrons. The zero-order valence-corrected chi connectivity index (χ0v) is 13.5. The number of methoxy groups -OCH3 is 1. The first-order chi connectivity index (χ1) is 11.1. The smallest absolute Gasteiger partial charge is 0.319 e. The molecule has 2 rings (SSSR count). The number of anilines is 1. The molecule has 2 aromatic rings. The van der Waals surface area contributed by atoms with Crippen LogP contribution in [0.4, 0.5) is 10.5 Å². The van der Waals surface area contributed by atoms with Gasteiger partial charge in [0, 0.05) is 17.3 Å². The number of benzene rings is 2. The number of urea groups is 1. The number of aliphatic hydroxyl groups is 1. The van der Waals surface area contributed by atoms with Crippen LogP contribution in [0.5, 0.6) is 5.75 Å². The third-order valence-corrected chi connectivity index (χ3v) is 3.52. The van der Waals surface area contributed by atoms with Crippen molar-refractivity contribution in [1.29, 1.82) is 0 Å². The summed E-state index contributed by atoms with van der Waals surface area (Å²) in [5.41, 5.74) is 1.40. The number of nitrogens with one attached hydrogen (secondary N) is 2. The highest BCUT2D eigenvalue weighted by Gasteiger charge is 2.09. The van der Waals surface area contributed by atoms with Gasteiger partial charge in [0.1, 0.15) is 5.75 Å². The van der Waals surface area contributed by atoms with Gasteiger partial charge in [-0.15, -0.1) is 0 Å². The highest BCUT2D eigenvalue weighted by atomic mass is 35.5. The van der Waals surface area contributed by atoms with Crippen LogP contribution in [0.2, 0.25) is 5.02 Å². The Morgan fingerprint density at radius 3 is 2.65 bits per heavy atom. The Kier molecular flexibility index (Phi) is 6.26. The van der Waals surface area contributed by atoms with Crippen molar-refractivity contribution in [3.63, 3.8) is 0 Å². The second-order valence-corrected chi connectivity index (χ2v) is 5.41. The monoisotopic (exact) mass is 334 g/mol. The van der Waals surface area contributed by atoms with E-state index in [0.717, 1.165) is 11.3 Å². The molecule has 0 saturated heterocycles. The zero-order chi connectivity index (χ0) is 16.7. The molecule has 0 fully saturated rings. The molecule has 0 unspecified atom stereocenters. The number of hydrogen-bond donors (Lipinski definition) is 3. The normalized spacial score (nSPS) is 11.6. The predicted molar refractivity (Wildman–Crippen MR) is 91.0 cm³/mol. The molecule has 0 saturated carbocycles. The molecule has 0 heterocycles. The molecule has 1 atom stereocenters. The second-order valence-electron chi connectivity index (χ2n) is 4.97. The summed E-state index contributed by atoms with van der Waals surface area (Å²) in [4.78, 5) is 11.8. The minimum Gasteiger partial charge on any atom is -0.497 e. The fraction of sp³-hybridized carbons (Fsp3) is 0.235. The first kappa shape index (κ1) is 17.1. The predicted octanol–water partition coefficient (Wildman–Crippen LogP) is 3.59. The van der Waals surface area contributed by atoms with E-state index in [2.05, 4.69) is 10.6 Å². The number of carbonyl (C=O) groups excluding carboxylic acids is 1. The van der Waals surface area contributed by atoms with Gasteiger partial charge in [0.2, 0.25) is 0 Å². The highest BCUT2D eigenvalue weighted by molar-refractivity contribution is 6.30. The van der Waals surface area contributed by atoms with Crippen LogP contribution >= 0.6 is 11.6 Å². The van der Waals surface area contributed by atoms with Crippen molar-refractivity contribution in [2.24, 2.45) is 0 Å². The molecule has 6 heteroatoms. The van der Waals surface area contributed by atoms with E-state index in [0.29, 0.717) is 23.7 Å². The van der Waals surface area contributed by atoms with Crippen molar-refractivity contribution in [2.75, 3.05) is 19.0 Å². The van der Waals surface area contributed by atoms with Gasteiger partial charge in [0.25, 0.3) is 0 Å². The molecular weight excluding hydrogens is 316 g/mol. The molecule has 2 aromatic carbocycles. The minimum absolute atomic E-state index is 0.325. The number of amides is 2. The quantitative estimate of drug-likeness (QED) is 0.756. The van der Waals surface area contributed by atoms with Gasteiger partial charge in [0.15, 0.2) is 0 Å². The Hall–Kier alpha value is -2.24. The van der Waals surface area contributed by atoms with Gasteiger partial charge in [-0.25, -0.2) is 4.79 Å². The molecule has 5 nitrogen and oxygen atoms in total. The number of carbonyl (C=O) groups is 1. The lowest BCUT2D eigenvalue weighted by atomic mass is 10.1. The maximum atomic E-state index is 11.8. The summed E-state index contributed by atoms with van der Waals surface area (Å²) in [5.74, 6) is 0.723. The molecule has 0 spiro atoms. The van der Waals surface area contributed by atoms with Crippen LogP contribution in [-0.4, -0.2) is 24.8 Å². The Balaban J connectivity index is 1.75. The van der Waals surface area contributed by atoms with Crippen molar-refractivity contribution in [2.45, 2.75) is 12.5 Å². The molecule has 23 heavy (non-hydrogen) atoms. The van der Waals surface area contributed by atoms with E-state index in [4.69, 9.17) is 16.3 Å². The average Bonchev–Trinajstić information content (AvgIpc) is 2.55. The van der Waals surface area contributed by atoms with Gasteiger partial charge in [-0.3, -0.25) is 0 Å². The largest absolute Gasteiger partial charge is 0.497 e. The van der Waals surface area contributed by atoms with Gasteiger partial charge in [-0.2, -0.15) is 0 Å². The molecule has 0 aliphatic rings. The van der Waals surface area contributed by atoms with E-state index in [-0.39, 0.29) is 6.03 Å². The minimum atomic E-state index is -0.671. The third kappa shape index (κ3) is 5.47. The van der Waals surface area contributed by atoms with Crippen molar-refractivity contribution >= 4 is 23.3 Å². The van der Waals surface area contributed by atoms with E-state index in [1.54, 1.807) is 55.6 Å². The molecule has 2 amide bonds. The zero-order valence-electron chi connectivity index (χ0n) is 12.8. The number of ether oxygens (including phenoxy) is 1. The maximum Gasteiger partial charge on any atom is 0.319 e. The summed E-state index contributed by atoms with van der Waals surface area (Å²) >= 11 is 5.89. The van der Waals surface area contributed by atoms with Gasteiger partial charge in [-0.1, -0.05) is 23.7 Å². The molecule has 0 radical (unpaired) electrons. The van der Waals surface area contributed by atoms with E-state index >= 15 is 0 Å². The Morgan fingerprint density at radius 2 is 2.00 bits per heavy atom. The van der Waals surface area contributed by atoms with Crippen LogP contribution in [0.1, 0.15) is 18.1 Å². The van der Waals surface area contributed by atoms with Gasteiger partial charge >= 0.3 is 6.03 Å². The summed E-state index contributed by atoms with van der Waals surface area (Å²) < 4.78 is 5.05. The van der Waals surface area contributed by atoms with Crippen molar-refractivity contribution in [3.8, 4) is 5.75 Å². The molecule has 0 bridgehead atoms. The lowest BCUT2D eigenvalue weighted by Gasteiger charge is -2.12. The molecule has 0 aliphatic carbocycles. The second kappa shape index (κ2) is 8.41. The van der Waals surface area contributed by atoms with E-state index in [9.17, 15) is 9.90 Å². The Bertz CT molecular complexity index is 647. The average molecular weight is 335 g/mol. The van der Waals surface area contributed by atoms with Crippen LogP contribution in [0.15, 0.2) is 48.5 Å². The van der Waals surface area contributed by atoms with Crippen LogP contribution in [0.3, 0.4) is 0 Å². The lowest BCUT2D eigenvalue weighted by molar-refractivity contribution is 0.167. The lowest BCUT2D eigenvalue weighted by Crippen LogP contribution is -2.30. The number of aliphatic hydroxyl groups excluding tert-OH is 1. The van der Waals surface area contributed by atoms with Crippen LogP contribution in [0, 0.1) is 0 Å². The first-order valence-corrected chi connectivity index (χ1v) is 7.58.